The van der Waals surface area contributed by atoms with Gasteiger partial charge < -0.3 is 15.6 Å². The summed E-state index contributed by atoms with van der Waals surface area (Å²) < 4.78 is 1.55. The molecule has 0 bridgehead atoms. The number of aromatic amines is 1. The van der Waals surface area contributed by atoms with Gasteiger partial charge in [0.25, 0.3) is 5.91 Å². The zero-order valence-electron chi connectivity index (χ0n) is 16.0. The van der Waals surface area contributed by atoms with Gasteiger partial charge >= 0.3 is 0 Å². The van der Waals surface area contributed by atoms with Crippen molar-refractivity contribution < 1.29 is 9.59 Å². The van der Waals surface area contributed by atoms with E-state index >= 15 is 0 Å². The highest BCUT2D eigenvalue weighted by molar-refractivity contribution is 5.95. The first-order valence-electron chi connectivity index (χ1n) is 9.38. The highest BCUT2D eigenvalue weighted by Gasteiger charge is 2.16. The SMILES string of the molecule is CC(=O)Nc1cc(C(=O)NCCc2c[nH]c3ccccc23)nn1-c1ccccc1. The maximum absolute atomic E-state index is 12.6. The fraction of sp³-hybridized carbons (Fsp3) is 0.136. The largest absolute Gasteiger partial charge is 0.361 e. The van der Waals surface area contributed by atoms with Crippen LogP contribution in [-0.2, 0) is 11.2 Å². The van der Waals surface area contributed by atoms with Crippen LogP contribution in [0.15, 0.2) is 66.9 Å². The summed E-state index contributed by atoms with van der Waals surface area (Å²) in [5, 5.41) is 11.2. The molecule has 7 heteroatoms. The van der Waals surface area contributed by atoms with Gasteiger partial charge in [0.2, 0.25) is 5.91 Å². The van der Waals surface area contributed by atoms with Crippen LogP contribution >= 0.6 is 0 Å². The third-order valence-electron chi connectivity index (χ3n) is 4.60. The zero-order valence-corrected chi connectivity index (χ0v) is 16.0. The van der Waals surface area contributed by atoms with E-state index in [0.717, 1.165) is 22.2 Å². The zero-order chi connectivity index (χ0) is 20.2. The third kappa shape index (κ3) is 4.03. The molecule has 0 atom stereocenters. The van der Waals surface area contributed by atoms with Crippen molar-refractivity contribution in [2.45, 2.75) is 13.3 Å². The molecule has 0 radical (unpaired) electrons. The Morgan fingerprint density at radius 3 is 2.62 bits per heavy atom. The highest BCUT2D eigenvalue weighted by Crippen LogP contribution is 2.19. The number of rotatable bonds is 6. The molecule has 0 saturated heterocycles. The van der Waals surface area contributed by atoms with Gasteiger partial charge in [-0.2, -0.15) is 5.10 Å². The smallest absolute Gasteiger partial charge is 0.271 e. The molecule has 29 heavy (non-hydrogen) atoms. The van der Waals surface area contributed by atoms with Crippen molar-refractivity contribution in [1.82, 2.24) is 20.1 Å². The van der Waals surface area contributed by atoms with Crippen molar-refractivity contribution in [2.75, 3.05) is 11.9 Å². The Bertz CT molecular complexity index is 1160. The van der Waals surface area contributed by atoms with Crippen LogP contribution in [0.3, 0.4) is 0 Å². The number of hydrogen-bond donors (Lipinski definition) is 3. The second-order valence-electron chi connectivity index (χ2n) is 6.71. The molecule has 146 valence electrons. The minimum Gasteiger partial charge on any atom is -0.361 e. The van der Waals surface area contributed by atoms with Crippen LogP contribution in [0, 0.1) is 0 Å². The average Bonchev–Trinajstić information content (AvgIpc) is 3.33. The predicted molar refractivity (Wildman–Crippen MR) is 112 cm³/mol. The summed E-state index contributed by atoms with van der Waals surface area (Å²) in [6, 6.07) is 19.0. The molecule has 2 heterocycles. The molecule has 4 rings (SSSR count). The number of nitrogens with one attached hydrogen (secondary N) is 3. The normalized spacial score (nSPS) is 10.8. The van der Waals surface area contributed by atoms with Gasteiger partial charge in [0.1, 0.15) is 5.82 Å². The van der Waals surface area contributed by atoms with Crippen LogP contribution in [0.5, 0.6) is 0 Å². The number of carbonyl (C=O) groups excluding carboxylic acids is 2. The average molecular weight is 387 g/mol. The van der Waals surface area contributed by atoms with E-state index in [1.54, 1.807) is 10.7 Å². The first kappa shape index (κ1) is 18.5. The van der Waals surface area contributed by atoms with Crippen molar-refractivity contribution >= 4 is 28.5 Å². The van der Waals surface area contributed by atoms with Crippen molar-refractivity contribution in [2.24, 2.45) is 0 Å². The van der Waals surface area contributed by atoms with Gasteiger partial charge in [-0.1, -0.05) is 36.4 Å². The van der Waals surface area contributed by atoms with E-state index in [1.807, 2.05) is 54.7 Å². The standard InChI is InChI=1S/C22H21N5O2/c1-15(28)25-21-13-20(26-27(21)17-7-3-2-4-8-17)22(29)23-12-11-16-14-24-19-10-6-5-9-18(16)19/h2-10,13-14,24H,11-12H2,1H3,(H,23,29)(H,25,28). The summed E-state index contributed by atoms with van der Waals surface area (Å²) in [6.45, 7) is 1.90. The van der Waals surface area contributed by atoms with Gasteiger partial charge in [0, 0.05) is 36.6 Å². The van der Waals surface area contributed by atoms with Crippen LogP contribution in [0.2, 0.25) is 0 Å². The Balaban J connectivity index is 1.48. The molecule has 0 saturated carbocycles. The number of carbonyl (C=O) groups is 2. The molecule has 2 aromatic heterocycles. The quantitative estimate of drug-likeness (QED) is 0.474. The molecular formula is C22H21N5O2. The molecule has 0 spiro atoms. The van der Waals surface area contributed by atoms with Crippen molar-refractivity contribution in [3.63, 3.8) is 0 Å². The third-order valence-corrected chi connectivity index (χ3v) is 4.60. The maximum atomic E-state index is 12.6. The Kier molecular flexibility index (Phi) is 5.11. The number of amides is 2. The summed E-state index contributed by atoms with van der Waals surface area (Å²) in [7, 11) is 0. The Morgan fingerprint density at radius 1 is 1.07 bits per heavy atom. The monoisotopic (exact) mass is 387 g/mol. The number of aromatic nitrogens is 3. The highest BCUT2D eigenvalue weighted by atomic mass is 16.2. The second-order valence-corrected chi connectivity index (χ2v) is 6.71. The summed E-state index contributed by atoms with van der Waals surface area (Å²) in [6.07, 6.45) is 2.67. The number of H-pyrrole nitrogens is 1. The van der Waals surface area contributed by atoms with E-state index in [1.165, 1.54) is 6.92 Å². The molecule has 0 unspecified atom stereocenters. The van der Waals surface area contributed by atoms with Crippen molar-refractivity contribution in [1.29, 1.82) is 0 Å². The summed E-state index contributed by atoms with van der Waals surface area (Å²) >= 11 is 0. The van der Waals surface area contributed by atoms with Crippen LogP contribution in [-0.4, -0.2) is 33.1 Å². The molecule has 7 nitrogen and oxygen atoms in total. The lowest BCUT2D eigenvalue weighted by Gasteiger charge is -2.06. The molecule has 4 aromatic rings. The molecule has 2 aromatic carbocycles. The number of para-hydroxylation sites is 2. The molecule has 0 aliphatic carbocycles. The molecule has 0 aliphatic rings. The van der Waals surface area contributed by atoms with E-state index in [-0.39, 0.29) is 17.5 Å². The van der Waals surface area contributed by atoms with E-state index in [9.17, 15) is 9.59 Å². The molecular weight excluding hydrogens is 366 g/mol. The number of hydrogen-bond acceptors (Lipinski definition) is 3. The summed E-state index contributed by atoms with van der Waals surface area (Å²) in [4.78, 5) is 27.4. The Labute approximate surface area is 167 Å². The number of benzene rings is 2. The van der Waals surface area contributed by atoms with Crippen LogP contribution in [0.4, 0.5) is 5.82 Å². The molecule has 2 amide bonds. The van der Waals surface area contributed by atoms with Gasteiger partial charge in [0.05, 0.1) is 5.69 Å². The van der Waals surface area contributed by atoms with Crippen molar-refractivity contribution in [3.8, 4) is 5.69 Å². The first-order valence-corrected chi connectivity index (χ1v) is 9.38. The van der Waals surface area contributed by atoms with E-state index < -0.39 is 0 Å². The first-order chi connectivity index (χ1) is 14.1. The minimum absolute atomic E-state index is 0.228. The van der Waals surface area contributed by atoms with Crippen molar-refractivity contribution in [3.05, 3.63) is 78.1 Å². The lowest BCUT2D eigenvalue weighted by atomic mass is 10.1. The predicted octanol–water partition coefficient (Wildman–Crippen LogP) is 3.28. The number of nitrogens with zero attached hydrogens (tertiary/aromatic N) is 2. The summed E-state index contributed by atoms with van der Waals surface area (Å²) in [5.41, 5.74) is 3.23. The van der Waals surface area contributed by atoms with Crippen LogP contribution < -0.4 is 10.6 Å². The molecule has 0 fully saturated rings. The van der Waals surface area contributed by atoms with Gasteiger partial charge in [-0.05, 0) is 30.2 Å². The van der Waals surface area contributed by atoms with E-state index in [4.69, 9.17) is 0 Å². The lowest BCUT2D eigenvalue weighted by Crippen LogP contribution is -2.26. The second kappa shape index (κ2) is 8.02. The van der Waals surface area contributed by atoms with Crippen LogP contribution in [0.1, 0.15) is 23.0 Å². The maximum Gasteiger partial charge on any atom is 0.271 e. The minimum atomic E-state index is -0.286. The topological polar surface area (TPSA) is 91.8 Å². The van der Waals surface area contributed by atoms with Gasteiger partial charge in [-0.15, -0.1) is 0 Å². The number of fused-ring (bicyclic) bond motifs is 1. The van der Waals surface area contributed by atoms with Crippen LogP contribution in [0.25, 0.3) is 16.6 Å². The fourth-order valence-electron chi connectivity index (χ4n) is 3.27. The molecule has 3 N–H and O–H groups in total. The van der Waals surface area contributed by atoms with E-state index in [0.29, 0.717) is 18.8 Å². The van der Waals surface area contributed by atoms with Gasteiger partial charge in [-0.3, -0.25) is 9.59 Å². The Morgan fingerprint density at radius 2 is 1.83 bits per heavy atom. The fourth-order valence-corrected chi connectivity index (χ4v) is 3.27. The lowest BCUT2D eigenvalue weighted by molar-refractivity contribution is -0.114. The van der Waals surface area contributed by atoms with Gasteiger partial charge in [0.15, 0.2) is 5.69 Å². The van der Waals surface area contributed by atoms with Gasteiger partial charge in [-0.25, -0.2) is 4.68 Å². The van der Waals surface area contributed by atoms with E-state index in [2.05, 4.69) is 26.8 Å². The summed E-state index contributed by atoms with van der Waals surface area (Å²) in [5.74, 6) is -0.0648. The molecule has 0 aliphatic heterocycles. The Hall–Kier alpha value is -3.87. The number of anilines is 1.